The molecule has 0 aromatic heterocycles. The van der Waals surface area contributed by atoms with Crippen LogP contribution in [-0.2, 0) is 16.0 Å². The van der Waals surface area contributed by atoms with Gasteiger partial charge in [-0.1, -0.05) is 11.6 Å². The van der Waals surface area contributed by atoms with Gasteiger partial charge in [-0.3, -0.25) is 4.79 Å². The highest BCUT2D eigenvalue weighted by Gasteiger charge is 2.09. The van der Waals surface area contributed by atoms with Gasteiger partial charge in [0, 0.05) is 17.9 Å². The third-order valence-electron chi connectivity index (χ3n) is 2.16. The van der Waals surface area contributed by atoms with Crippen LogP contribution in [0.5, 0.6) is 0 Å². The maximum absolute atomic E-state index is 12.9. The van der Waals surface area contributed by atoms with E-state index in [2.05, 4.69) is 4.74 Å². The van der Waals surface area contributed by atoms with Crippen LogP contribution in [0.25, 0.3) is 0 Å². The Balaban J connectivity index is 2.38. The lowest BCUT2D eigenvalue weighted by molar-refractivity contribution is -0.119. The van der Waals surface area contributed by atoms with Gasteiger partial charge in [0.1, 0.15) is 18.2 Å². The summed E-state index contributed by atoms with van der Waals surface area (Å²) in [4.78, 5) is 11.5. The fourth-order valence-corrected chi connectivity index (χ4v) is 1.52. The normalized spacial score (nSPS) is 10.9. The first-order valence-corrected chi connectivity index (χ1v) is 5.68. The Morgan fingerprint density at radius 1 is 1.39 bits per heavy atom. The number of Topliss-reactive ketones (excluding diaryl/α,β-unsaturated/α-hetero) is 1. The third-order valence-corrected chi connectivity index (χ3v) is 2.53. The molecule has 100 valence electrons. The summed E-state index contributed by atoms with van der Waals surface area (Å²) < 4.78 is 41.0. The van der Waals surface area contributed by atoms with Crippen molar-refractivity contribution in [3.8, 4) is 0 Å². The molecule has 0 amide bonds. The van der Waals surface area contributed by atoms with Gasteiger partial charge in [-0.2, -0.15) is 0 Å². The molecule has 0 aliphatic rings. The topological polar surface area (TPSA) is 26.3 Å². The lowest BCUT2D eigenvalue weighted by Crippen LogP contribution is -2.11. The van der Waals surface area contributed by atoms with E-state index in [9.17, 15) is 18.0 Å². The predicted molar refractivity (Wildman–Crippen MR) is 61.6 cm³/mol. The van der Waals surface area contributed by atoms with E-state index < -0.39 is 18.8 Å². The van der Waals surface area contributed by atoms with Gasteiger partial charge in [0.15, 0.2) is 0 Å². The van der Waals surface area contributed by atoms with Crippen LogP contribution in [0.2, 0.25) is 5.02 Å². The van der Waals surface area contributed by atoms with E-state index in [1.807, 2.05) is 0 Å². The van der Waals surface area contributed by atoms with Crippen molar-refractivity contribution < 1.29 is 22.7 Å². The van der Waals surface area contributed by atoms with Gasteiger partial charge < -0.3 is 4.74 Å². The monoisotopic (exact) mass is 280 g/mol. The van der Waals surface area contributed by atoms with Gasteiger partial charge in [-0.25, -0.2) is 13.2 Å². The van der Waals surface area contributed by atoms with Crippen molar-refractivity contribution >= 4 is 17.4 Å². The highest BCUT2D eigenvalue weighted by Crippen LogP contribution is 2.18. The minimum absolute atomic E-state index is 0.000434. The van der Waals surface area contributed by atoms with E-state index in [1.54, 1.807) is 0 Å². The molecule has 0 bridgehead atoms. The Morgan fingerprint density at radius 3 is 2.78 bits per heavy atom. The Hall–Kier alpha value is -1.07. The Labute approximate surface area is 108 Å². The van der Waals surface area contributed by atoms with Crippen LogP contribution in [-0.4, -0.2) is 25.4 Å². The molecule has 18 heavy (non-hydrogen) atoms. The van der Waals surface area contributed by atoms with Crippen molar-refractivity contribution in [2.24, 2.45) is 0 Å². The zero-order valence-corrected chi connectivity index (χ0v) is 10.2. The zero-order chi connectivity index (χ0) is 13.5. The second kappa shape index (κ2) is 7.38. The lowest BCUT2D eigenvalue weighted by atomic mass is 10.1. The summed E-state index contributed by atoms with van der Waals surface area (Å²) in [5.41, 5.74) is 0.385. The average Bonchev–Trinajstić information content (AvgIpc) is 2.29. The first kappa shape index (κ1) is 15.0. The molecule has 0 fully saturated rings. The molecule has 6 heteroatoms. The predicted octanol–water partition coefficient (Wildman–Crippen LogP) is 3.26. The smallest absolute Gasteiger partial charge is 0.261 e. The standard InChI is InChI=1S/C12H12ClF3O2/c13-11-2-1-9(14)5-8(11)6-10(17)3-4-18-7-12(15)16/h1-2,5,12H,3-4,6-7H2. The molecule has 0 atom stereocenters. The van der Waals surface area contributed by atoms with Crippen molar-refractivity contribution in [1.82, 2.24) is 0 Å². The van der Waals surface area contributed by atoms with Crippen molar-refractivity contribution in [3.05, 3.63) is 34.6 Å². The number of ether oxygens (including phenoxy) is 1. The van der Waals surface area contributed by atoms with Crippen LogP contribution in [0.15, 0.2) is 18.2 Å². The molecule has 1 rings (SSSR count). The molecule has 0 radical (unpaired) electrons. The largest absolute Gasteiger partial charge is 0.375 e. The molecule has 0 aliphatic heterocycles. The van der Waals surface area contributed by atoms with Gasteiger partial charge in [0.05, 0.1) is 6.61 Å². The number of alkyl halides is 2. The molecule has 2 nitrogen and oxygen atoms in total. The van der Waals surface area contributed by atoms with E-state index >= 15 is 0 Å². The number of hydrogen-bond acceptors (Lipinski definition) is 2. The van der Waals surface area contributed by atoms with Crippen LogP contribution >= 0.6 is 11.6 Å². The first-order valence-electron chi connectivity index (χ1n) is 5.30. The Kier molecular flexibility index (Phi) is 6.15. The summed E-state index contributed by atoms with van der Waals surface area (Å²) in [6.45, 7) is -0.760. The highest BCUT2D eigenvalue weighted by atomic mass is 35.5. The number of ketones is 1. The average molecular weight is 281 g/mol. The van der Waals surface area contributed by atoms with Gasteiger partial charge in [0.25, 0.3) is 6.43 Å². The molecular weight excluding hydrogens is 269 g/mol. The second-order valence-corrected chi connectivity index (χ2v) is 4.07. The van der Waals surface area contributed by atoms with Crippen molar-refractivity contribution in [2.45, 2.75) is 19.3 Å². The number of rotatable bonds is 7. The van der Waals surface area contributed by atoms with E-state index in [0.717, 1.165) is 0 Å². The first-order chi connectivity index (χ1) is 8.49. The van der Waals surface area contributed by atoms with E-state index in [-0.39, 0.29) is 25.2 Å². The molecule has 0 aliphatic carbocycles. The van der Waals surface area contributed by atoms with E-state index in [4.69, 9.17) is 11.6 Å². The summed E-state index contributed by atoms with van der Waals surface area (Å²) in [6, 6.07) is 3.75. The summed E-state index contributed by atoms with van der Waals surface area (Å²) in [7, 11) is 0. The number of carbonyl (C=O) groups is 1. The summed E-state index contributed by atoms with van der Waals surface area (Å²) >= 11 is 5.79. The number of carbonyl (C=O) groups excluding carboxylic acids is 1. The minimum Gasteiger partial charge on any atom is -0.375 e. The van der Waals surface area contributed by atoms with Gasteiger partial charge in [0.2, 0.25) is 0 Å². The van der Waals surface area contributed by atoms with Gasteiger partial charge >= 0.3 is 0 Å². The fourth-order valence-electron chi connectivity index (χ4n) is 1.34. The zero-order valence-electron chi connectivity index (χ0n) is 9.47. The van der Waals surface area contributed by atoms with Crippen molar-refractivity contribution in [2.75, 3.05) is 13.2 Å². The van der Waals surface area contributed by atoms with E-state index in [0.29, 0.717) is 10.6 Å². The molecule has 1 aromatic rings. The fraction of sp³-hybridized carbons (Fsp3) is 0.417. The SMILES string of the molecule is O=C(CCOCC(F)F)Cc1cc(F)ccc1Cl. The molecule has 0 N–H and O–H groups in total. The molecule has 1 aromatic carbocycles. The van der Waals surface area contributed by atoms with Gasteiger partial charge in [-0.05, 0) is 23.8 Å². The van der Waals surface area contributed by atoms with Crippen LogP contribution in [0.3, 0.4) is 0 Å². The van der Waals surface area contributed by atoms with Crippen molar-refractivity contribution in [1.29, 1.82) is 0 Å². The maximum Gasteiger partial charge on any atom is 0.261 e. The maximum atomic E-state index is 12.9. The van der Waals surface area contributed by atoms with Crippen LogP contribution in [0.4, 0.5) is 13.2 Å². The summed E-state index contributed by atoms with van der Waals surface area (Å²) in [6.07, 6.45) is -2.58. The van der Waals surface area contributed by atoms with E-state index in [1.165, 1.54) is 18.2 Å². The Morgan fingerprint density at radius 2 is 2.11 bits per heavy atom. The molecule has 0 saturated heterocycles. The summed E-state index contributed by atoms with van der Waals surface area (Å²) in [5, 5.41) is 0.304. The van der Waals surface area contributed by atoms with Crippen LogP contribution in [0, 0.1) is 5.82 Å². The molecule has 0 unspecified atom stereocenters. The van der Waals surface area contributed by atoms with Crippen LogP contribution < -0.4 is 0 Å². The number of halogens is 4. The molecule has 0 saturated carbocycles. The summed E-state index contributed by atoms with van der Waals surface area (Å²) in [5.74, 6) is -0.715. The quantitative estimate of drug-likeness (QED) is 0.717. The Bertz CT molecular complexity index is 410. The number of hydrogen-bond donors (Lipinski definition) is 0. The molecular formula is C12H12ClF3O2. The second-order valence-electron chi connectivity index (χ2n) is 3.67. The molecule has 0 spiro atoms. The van der Waals surface area contributed by atoms with Crippen molar-refractivity contribution in [3.63, 3.8) is 0 Å². The van der Waals surface area contributed by atoms with Gasteiger partial charge in [-0.15, -0.1) is 0 Å². The lowest BCUT2D eigenvalue weighted by Gasteiger charge is -2.05. The minimum atomic E-state index is -2.54. The van der Waals surface area contributed by atoms with Crippen LogP contribution in [0.1, 0.15) is 12.0 Å². The third kappa shape index (κ3) is 5.51. The number of benzene rings is 1. The molecule has 0 heterocycles. The highest BCUT2D eigenvalue weighted by molar-refractivity contribution is 6.31.